The summed E-state index contributed by atoms with van der Waals surface area (Å²) in [5, 5.41) is 0.220. The minimum absolute atomic E-state index is 0.00329. The van der Waals surface area contributed by atoms with Crippen LogP contribution >= 0.6 is 15.9 Å². The summed E-state index contributed by atoms with van der Waals surface area (Å²) >= 11 is 3.06. The van der Waals surface area contributed by atoms with Gasteiger partial charge in [-0.15, -0.1) is 13.2 Å². The number of hydrogen-bond donors (Lipinski definition) is 1. The SMILES string of the molecule is Cc1nc(N)cc(OC(F)(F)F)c1CBr. The van der Waals surface area contributed by atoms with E-state index in [9.17, 15) is 13.2 Å². The summed E-state index contributed by atoms with van der Waals surface area (Å²) in [6.07, 6.45) is -4.73. The second kappa shape index (κ2) is 4.26. The Hall–Kier alpha value is -0.980. The Balaban J connectivity index is 3.15. The van der Waals surface area contributed by atoms with Gasteiger partial charge in [-0.2, -0.15) is 0 Å². The molecule has 0 fully saturated rings. The Morgan fingerprint density at radius 2 is 2.13 bits per heavy atom. The summed E-state index contributed by atoms with van der Waals surface area (Å²) in [5.41, 5.74) is 6.07. The first-order valence-electron chi connectivity index (χ1n) is 3.91. The smallest absolute Gasteiger partial charge is 0.405 e. The number of aryl methyl sites for hydroxylation is 1. The Kier molecular flexibility index (Phi) is 3.43. The number of pyridine rings is 1. The van der Waals surface area contributed by atoms with Gasteiger partial charge >= 0.3 is 6.36 Å². The molecule has 0 aliphatic rings. The Morgan fingerprint density at radius 1 is 1.53 bits per heavy atom. The van der Waals surface area contributed by atoms with Crippen molar-refractivity contribution in [3.05, 3.63) is 17.3 Å². The monoisotopic (exact) mass is 284 g/mol. The van der Waals surface area contributed by atoms with Crippen LogP contribution < -0.4 is 10.5 Å². The van der Waals surface area contributed by atoms with Crippen molar-refractivity contribution in [3.8, 4) is 5.75 Å². The second-order valence-corrected chi connectivity index (χ2v) is 3.35. The third-order valence-electron chi connectivity index (χ3n) is 1.67. The van der Waals surface area contributed by atoms with Crippen molar-refractivity contribution in [1.29, 1.82) is 0 Å². The average Bonchev–Trinajstić information content (AvgIpc) is 1.99. The van der Waals surface area contributed by atoms with E-state index in [0.29, 0.717) is 11.3 Å². The molecule has 0 radical (unpaired) electrons. The standard InChI is InChI=1S/C8H8BrF3N2O/c1-4-5(3-9)6(2-7(13)14-4)15-8(10,11)12/h2H,3H2,1H3,(H2,13,14). The predicted octanol–water partition coefficient (Wildman–Crippen LogP) is 2.77. The quantitative estimate of drug-likeness (QED) is 0.850. The zero-order chi connectivity index (χ0) is 11.6. The second-order valence-electron chi connectivity index (χ2n) is 2.79. The number of nitrogens with two attached hydrogens (primary N) is 1. The molecule has 0 amide bonds. The van der Waals surface area contributed by atoms with Gasteiger partial charge in [0.2, 0.25) is 0 Å². The third kappa shape index (κ3) is 3.26. The lowest BCUT2D eigenvalue weighted by molar-refractivity contribution is -0.274. The highest BCUT2D eigenvalue weighted by Crippen LogP contribution is 2.30. The minimum Gasteiger partial charge on any atom is -0.405 e. The zero-order valence-corrected chi connectivity index (χ0v) is 9.32. The van der Waals surface area contributed by atoms with E-state index in [1.807, 2.05) is 0 Å². The van der Waals surface area contributed by atoms with Crippen molar-refractivity contribution in [2.24, 2.45) is 0 Å². The van der Waals surface area contributed by atoms with Crippen LogP contribution in [0.3, 0.4) is 0 Å². The van der Waals surface area contributed by atoms with Crippen molar-refractivity contribution in [1.82, 2.24) is 4.98 Å². The largest absolute Gasteiger partial charge is 0.573 e. The van der Waals surface area contributed by atoms with Gasteiger partial charge in [0, 0.05) is 22.7 Å². The molecule has 1 heterocycles. The molecule has 0 aromatic carbocycles. The lowest BCUT2D eigenvalue weighted by Crippen LogP contribution is -2.18. The molecule has 0 unspecified atom stereocenters. The summed E-state index contributed by atoms with van der Waals surface area (Å²) in [7, 11) is 0. The first-order chi connectivity index (χ1) is 6.83. The fraction of sp³-hybridized carbons (Fsp3) is 0.375. The van der Waals surface area contributed by atoms with Crippen LogP contribution in [-0.4, -0.2) is 11.3 Å². The van der Waals surface area contributed by atoms with E-state index in [1.54, 1.807) is 6.92 Å². The first kappa shape index (κ1) is 12.1. The number of hydrogen-bond acceptors (Lipinski definition) is 3. The minimum atomic E-state index is -4.73. The number of ether oxygens (including phenoxy) is 1. The van der Waals surface area contributed by atoms with E-state index in [0.717, 1.165) is 6.07 Å². The van der Waals surface area contributed by atoms with E-state index >= 15 is 0 Å². The first-order valence-corrected chi connectivity index (χ1v) is 5.03. The molecule has 15 heavy (non-hydrogen) atoms. The van der Waals surface area contributed by atoms with Crippen molar-refractivity contribution < 1.29 is 17.9 Å². The van der Waals surface area contributed by atoms with E-state index in [4.69, 9.17) is 5.73 Å². The molecule has 0 saturated carbocycles. The molecular weight excluding hydrogens is 277 g/mol. The number of nitrogens with zero attached hydrogens (tertiary/aromatic N) is 1. The molecule has 84 valence electrons. The normalized spacial score (nSPS) is 11.5. The van der Waals surface area contributed by atoms with Crippen LogP contribution in [0.2, 0.25) is 0 Å². The van der Waals surface area contributed by atoms with Gasteiger partial charge < -0.3 is 10.5 Å². The van der Waals surface area contributed by atoms with Gasteiger partial charge in [-0.25, -0.2) is 4.98 Å². The van der Waals surface area contributed by atoms with E-state index in [1.165, 1.54) is 0 Å². The molecule has 1 aromatic heterocycles. The lowest BCUT2D eigenvalue weighted by Gasteiger charge is -2.13. The molecule has 3 nitrogen and oxygen atoms in total. The van der Waals surface area contributed by atoms with Crippen LogP contribution in [0.1, 0.15) is 11.3 Å². The molecule has 1 rings (SSSR count). The maximum Gasteiger partial charge on any atom is 0.573 e. The highest BCUT2D eigenvalue weighted by Gasteiger charge is 2.32. The van der Waals surface area contributed by atoms with Crippen molar-refractivity contribution in [3.63, 3.8) is 0 Å². The number of alkyl halides is 4. The van der Waals surface area contributed by atoms with E-state index in [2.05, 4.69) is 25.7 Å². The molecule has 0 aliphatic heterocycles. The van der Waals surface area contributed by atoms with Crippen LogP contribution in [0, 0.1) is 6.92 Å². The molecule has 0 atom stereocenters. The molecule has 0 spiro atoms. The summed E-state index contributed by atoms with van der Waals surface area (Å²) in [6.45, 7) is 1.57. The number of nitrogen functional groups attached to an aromatic ring is 1. The maximum atomic E-state index is 12.0. The van der Waals surface area contributed by atoms with Gasteiger partial charge in [0.1, 0.15) is 11.6 Å². The number of aromatic nitrogens is 1. The van der Waals surface area contributed by atoms with Gasteiger partial charge in [0.25, 0.3) is 0 Å². The molecule has 7 heteroatoms. The Bertz CT molecular complexity index is 368. The summed E-state index contributed by atoms with van der Waals surface area (Å²) in [4.78, 5) is 3.84. The molecule has 1 aromatic rings. The van der Waals surface area contributed by atoms with E-state index < -0.39 is 6.36 Å². The van der Waals surface area contributed by atoms with Crippen LogP contribution in [0.5, 0.6) is 5.75 Å². The molecule has 2 N–H and O–H groups in total. The van der Waals surface area contributed by atoms with Gasteiger partial charge in [-0.1, -0.05) is 15.9 Å². The Labute approximate surface area is 92.6 Å². The van der Waals surface area contributed by atoms with Gasteiger partial charge in [0.15, 0.2) is 0 Å². The summed E-state index contributed by atoms with van der Waals surface area (Å²) < 4.78 is 39.9. The van der Waals surface area contributed by atoms with Gasteiger partial charge in [-0.3, -0.25) is 0 Å². The number of anilines is 1. The number of halogens is 4. The van der Waals surface area contributed by atoms with Gasteiger partial charge in [0.05, 0.1) is 0 Å². The highest BCUT2D eigenvalue weighted by molar-refractivity contribution is 9.08. The molecule has 0 bridgehead atoms. The topological polar surface area (TPSA) is 48.1 Å². The fourth-order valence-corrected chi connectivity index (χ4v) is 1.75. The average molecular weight is 285 g/mol. The maximum absolute atomic E-state index is 12.0. The lowest BCUT2D eigenvalue weighted by atomic mass is 10.2. The summed E-state index contributed by atoms with van der Waals surface area (Å²) in [6, 6.07) is 1.05. The number of rotatable bonds is 2. The molecule has 0 saturated heterocycles. The van der Waals surface area contributed by atoms with Gasteiger partial charge in [-0.05, 0) is 6.92 Å². The van der Waals surface area contributed by atoms with Crippen LogP contribution in [-0.2, 0) is 5.33 Å². The van der Waals surface area contributed by atoms with E-state index in [-0.39, 0.29) is 16.9 Å². The van der Waals surface area contributed by atoms with Crippen molar-refractivity contribution in [2.45, 2.75) is 18.6 Å². The summed E-state index contributed by atoms with van der Waals surface area (Å²) in [5.74, 6) is -0.319. The fourth-order valence-electron chi connectivity index (χ4n) is 1.07. The predicted molar refractivity (Wildman–Crippen MR) is 52.7 cm³/mol. The third-order valence-corrected chi connectivity index (χ3v) is 2.23. The van der Waals surface area contributed by atoms with Crippen LogP contribution in [0.4, 0.5) is 19.0 Å². The van der Waals surface area contributed by atoms with Crippen molar-refractivity contribution in [2.75, 3.05) is 5.73 Å². The van der Waals surface area contributed by atoms with Crippen LogP contribution in [0.25, 0.3) is 0 Å². The molecular formula is C8H8BrF3N2O. The molecule has 0 aliphatic carbocycles. The zero-order valence-electron chi connectivity index (χ0n) is 7.73. The Morgan fingerprint density at radius 3 is 2.60 bits per heavy atom. The highest BCUT2D eigenvalue weighted by atomic mass is 79.9. The van der Waals surface area contributed by atoms with Crippen LogP contribution in [0.15, 0.2) is 6.07 Å². The van der Waals surface area contributed by atoms with Crippen molar-refractivity contribution >= 4 is 21.7 Å².